The van der Waals surface area contributed by atoms with E-state index in [1.807, 2.05) is 19.9 Å². The van der Waals surface area contributed by atoms with Gasteiger partial charge in [0.05, 0.1) is 5.75 Å². The number of alkyl halides is 2. The van der Waals surface area contributed by atoms with E-state index in [9.17, 15) is 13.6 Å². The number of nitrogens with zero attached hydrogens (tertiary/aromatic N) is 4. The Morgan fingerprint density at radius 2 is 1.97 bits per heavy atom. The topological polar surface area (TPSA) is 72.7 Å². The monoisotopic (exact) mass is 449 g/mol. The summed E-state index contributed by atoms with van der Waals surface area (Å²) in [6.07, 6.45) is 4.18. The lowest BCUT2D eigenvalue weighted by molar-refractivity contribution is -0.119. The normalized spacial score (nSPS) is 12.2. The zero-order valence-electron chi connectivity index (χ0n) is 16.5. The summed E-state index contributed by atoms with van der Waals surface area (Å²) in [5.74, 6) is -1.82. The van der Waals surface area contributed by atoms with E-state index in [2.05, 4.69) is 20.5 Å². The van der Waals surface area contributed by atoms with Gasteiger partial charge in [0.25, 0.3) is 5.76 Å². The number of pyridine rings is 1. The molecule has 0 saturated carbocycles. The van der Waals surface area contributed by atoms with Crippen LogP contribution in [-0.2, 0) is 4.79 Å². The lowest BCUT2D eigenvalue weighted by Crippen LogP contribution is -2.33. The van der Waals surface area contributed by atoms with E-state index in [1.165, 1.54) is 11.8 Å². The van der Waals surface area contributed by atoms with Crippen LogP contribution in [0.5, 0.6) is 0 Å². The maximum absolute atomic E-state index is 12.6. The van der Waals surface area contributed by atoms with E-state index < -0.39 is 5.76 Å². The molecule has 1 unspecified atom stereocenters. The van der Waals surface area contributed by atoms with Crippen LogP contribution in [0.25, 0.3) is 17.1 Å². The molecule has 1 N–H and O–H groups in total. The van der Waals surface area contributed by atoms with Crippen molar-refractivity contribution in [2.45, 2.75) is 42.1 Å². The number of nitrogens with one attached hydrogen (secondary N) is 1. The number of aromatic nitrogens is 4. The van der Waals surface area contributed by atoms with Gasteiger partial charge in [0.15, 0.2) is 11.0 Å². The summed E-state index contributed by atoms with van der Waals surface area (Å²) in [5.41, 5.74) is 1.47. The summed E-state index contributed by atoms with van der Waals surface area (Å²) < 4.78 is 27.1. The predicted octanol–water partition coefficient (Wildman–Crippen LogP) is 4.65. The predicted molar refractivity (Wildman–Crippen MR) is 115 cm³/mol. The van der Waals surface area contributed by atoms with Crippen LogP contribution in [0.4, 0.5) is 8.78 Å². The van der Waals surface area contributed by atoms with Crippen molar-refractivity contribution >= 4 is 29.4 Å². The van der Waals surface area contributed by atoms with Crippen molar-refractivity contribution in [1.29, 1.82) is 0 Å². The second-order valence-electron chi connectivity index (χ2n) is 6.42. The van der Waals surface area contributed by atoms with Crippen LogP contribution in [0.3, 0.4) is 0 Å². The van der Waals surface area contributed by atoms with Crippen LogP contribution in [0, 0.1) is 0 Å². The molecule has 158 valence electrons. The Morgan fingerprint density at radius 1 is 1.20 bits per heavy atom. The van der Waals surface area contributed by atoms with E-state index in [1.54, 1.807) is 47.3 Å². The van der Waals surface area contributed by atoms with Crippen molar-refractivity contribution in [3.63, 3.8) is 0 Å². The standard InChI is InChI=1S/C20H21F2N5OS2/c1-3-13(2)24-17(28)12-29-20-26-25-18(14-5-4-10-23-11-14)27(20)15-6-8-16(9-7-15)30-19(21)22/h4-11,13,19H,3,12H2,1-2H3,(H,24,28). The summed E-state index contributed by atoms with van der Waals surface area (Å²) >= 11 is 1.75. The third-order valence-electron chi connectivity index (χ3n) is 4.23. The van der Waals surface area contributed by atoms with Crippen molar-refractivity contribution in [1.82, 2.24) is 25.1 Å². The molecule has 30 heavy (non-hydrogen) atoms. The zero-order valence-corrected chi connectivity index (χ0v) is 18.1. The van der Waals surface area contributed by atoms with E-state index >= 15 is 0 Å². The minimum atomic E-state index is -2.48. The average molecular weight is 450 g/mol. The average Bonchev–Trinajstić information content (AvgIpc) is 3.17. The first-order valence-electron chi connectivity index (χ1n) is 9.31. The Morgan fingerprint density at radius 3 is 2.60 bits per heavy atom. The van der Waals surface area contributed by atoms with Gasteiger partial charge in [-0.3, -0.25) is 14.3 Å². The molecule has 1 amide bonds. The fourth-order valence-corrected chi connectivity index (χ4v) is 3.87. The second kappa shape index (κ2) is 10.5. The fourth-order valence-electron chi connectivity index (χ4n) is 2.60. The van der Waals surface area contributed by atoms with Gasteiger partial charge < -0.3 is 5.32 Å². The van der Waals surface area contributed by atoms with Crippen LogP contribution in [0.2, 0.25) is 0 Å². The van der Waals surface area contributed by atoms with Gasteiger partial charge >= 0.3 is 0 Å². The van der Waals surface area contributed by atoms with Gasteiger partial charge in [0.1, 0.15) is 0 Å². The molecule has 1 aromatic carbocycles. The van der Waals surface area contributed by atoms with Crippen LogP contribution >= 0.6 is 23.5 Å². The molecule has 2 heterocycles. The Labute approximate surface area is 181 Å². The van der Waals surface area contributed by atoms with E-state index in [0.29, 0.717) is 33.3 Å². The maximum atomic E-state index is 12.6. The summed E-state index contributed by atoms with van der Waals surface area (Å²) in [5, 5.41) is 12.0. The van der Waals surface area contributed by atoms with Gasteiger partial charge in [-0.1, -0.05) is 30.4 Å². The largest absolute Gasteiger partial charge is 0.353 e. The number of carbonyl (C=O) groups is 1. The Kier molecular flexibility index (Phi) is 7.81. The molecule has 3 aromatic rings. The quantitative estimate of drug-likeness (QED) is 0.480. The van der Waals surface area contributed by atoms with Crippen molar-refractivity contribution in [2.24, 2.45) is 0 Å². The number of amides is 1. The van der Waals surface area contributed by atoms with Gasteiger partial charge in [-0.15, -0.1) is 10.2 Å². The van der Waals surface area contributed by atoms with Crippen molar-refractivity contribution in [3.8, 4) is 17.1 Å². The smallest absolute Gasteiger partial charge is 0.288 e. The number of hydrogen-bond donors (Lipinski definition) is 1. The van der Waals surface area contributed by atoms with Gasteiger partial charge in [0, 0.05) is 34.6 Å². The molecular formula is C20H21F2N5OS2. The van der Waals surface area contributed by atoms with Crippen LogP contribution in [-0.4, -0.2) is 43.2 Å². The number of benzene rings is 1. The Hall–Kier alpha value is -2.46. The second-order valence-corrected chi connectivity index (χ2v) is 8.43. The lowest BCUT2D eigenvalue weighted by Gasteiger charge is -2.12. The Bertz CT molecular complexity index is 967. The van der Waals surface area contributed by atoms with E-state index in [0.717, 1.165) is 12.0 Å². The summed E-state index contributed by atoms with van der Waals surface area (Å²) in [4.78, 5) is 16.8. The number of carbonyl (C=O) groups excluding carboxylic acids is 1. The van der Waals surface area contributed by atoms with E-state index in [-0.39, 0.29) is 17.7 Å². The molecular weight excluding hydrogens is 428 g/mol. The summed E-state index contributed by atoms with van der Waals surface area (Å²) in [7, 11) is 0. The number of hydrogen-bond acceptors (Lipinski definition) is 6. The highest BCUT2D eigenvalue weighted by Crippen LogP contribution is 2.30. The zero-order chi connectivity index (χ0) is 21.5. The van der Waals surface area contributed by atoms with Crippen LogP contribution in [0.15, 0.2) is 58.8 Å². The molecule has 3 rings (SSSR count). The number of rotatable bonds is 9. The molecule has 2 aromatic heterocycles. The molecule has 6 nitrogen and oxygen atoms in total. The lowest BCUT2D eigenvalue weighted by atomic mass is 10.2. The van der Waals surface area contributed by atoms with Crippen LogP contribution in [0.1, 0.15) is 20.3 Å². The Balaban J connectivity index is 1.90. The molecule has 0 aliphatic carbocycles. The highest BCUT2D eigenvalue weighted by Gasteiger charge is 2.18. The number of halogens is 2. The fraction of sp³-hybridized carbons (Fsp3) is 0.300. The molecule has 1 atom stereocenters. The molecule has 0 saturated heterocycles. The van der Waals surface area contributed by atoms with Gasteiger partial charge in [0.2, 0.25) is 5.91 Å². The SMILES string of the molecule is CCC(C)NC(=O)CSc1nnc(-c2cccnc2)n1-c1ccc(SC(F)F)cc1. The summed E-state index contributed by atoms with van der Waals surface area (Å²) in [6, 6.07) is 10.5. The minimum absolute atomic E-state index is 0.0875. The molecule has 0 fully saturated rings. The van der Waals surface area contributed by atoms with Gasteiger partial charge in [-0.2, -0.15) is 8.78 Å². The first-order chi connectivity index (χ1) is 14.5. The molecule has 0 aliphatic rings. The molecule has 0 spiro atoms. The molecule has 0 aliphatic heterocycles. The highest BCUT2D eigenvalue weighted by molar-refractivity contribution is 8.00. The van der Waals surface area contributed by atoms with Crippen molar-refractivity contribution in [3.05, 3.63) is 48.8 Å². The van der Waals surface area contributed by atoms with E-state index in [4.69, 9.17) is 0 Å². The summed E-state index contributed by atoms with van der Waals surface area (Å²) in [6.45, 7) is 3.95. The van der Waals surface area contributed by atoms with Crippen LogP contribution < -0.4 is 5.32 Å². The third kappa shape index (κ3) is 5.79. The number of thioether (sulfide) groups is 2. The third-order valence-corrected chi connectivity index (χ3v) is 5.88. The minimum Gasteiger partial charge on any atom is -0.353 e. The molecule has 0 radical (unpaired) electrons. The first kappa shape index (κ1) is 22.2. The van der Waals surface area contributed by atoms with Crippen molar-refractivity contribution < 1.29 is 13.6 Å². The van der Waals surface area contributed by atoms with Crippen molar-refractivity contribution in [2.75, 3.05) is 5.75 Å². The van der Waals surface area contributed by atoms with Gasteiger partial charge in [-0.25, -0.2) is 0 Å². The highest BCUT2D eigenvalue weighted by atomic mass is 32.2. The molecule has 10 heteroatoms. The van der Waals surface area contributed by atoms with Gasteiger partial charge in [-0.05, 0) is 49.7 Å². The maximum Gasteiger partial charge on any atom is 0.288 e. The molecule has 0 bridgehead atoms. The first-order valence-corrected chi connectivity index (χ1v) is 11.2.